The molecule has 0 saturated carbocycles. The van der Waals surface area contributed by atoms with Crippen molar-refractivity contribution in [2.75, 3.05) is 20.6 Å². The Morgan fingerprint density at radius 2 is 1.96 bits per heavy atom. The first kappa shape index (κ1) is 17.9. The molecule has 0 spiro atoms. The summed E-state index contributed by atoms with van der Waals surface area (Å²) in [7, 11) is 4.00. The van der Waals surface area contributed by atoms with Gasteiger partial charge in [0.05, 0.1) is 16.6 Å². The van der Waals surface area contributed by atoms with Crippen LogP contribution in [-0.4, -0.2) is 41.3 Å². The molecule has 1 atom stereocenters. The Morgan fingerprint density at radius 3 is 2.70 bits per heavy atom. The smallest absolute Gasteiger partial charge is 0.264 e. The van der Waals surface area contributed by atoms with E-state index in [0.29, 0.717) is 0 Å². The highest BCUT2D eigenvalue weighted by atomic mass is 32.1. The molecule has 0 radical (unpaired) electrons. The normalized spacial score (nSPS) is 15.2. The number of thiophene rings is 1. The second-order valence-electron chi connectivity index (χ2n) is 7.03. The zero-order valence-electron chi connectivity index (χ0n) is 15.6. The average Bonchev–Trinajstić information content (AvgIpc) is 3.12. The van der Waals surface area contributed by atoms with Gasteiger partial charge in [0.2, 0.25) is 0 Å². The summed E-state index contributed by atoms with van der Waals surface area (Å²) in [6, 6.07) is 17.8. The Hall–Kier alpha value is -2.50. The molecule has 1 aromatic carbocycles. The van der Waals surface area contributed by atoms with Gasteiger partial charge in [-0.15, -0.1) is 11.3 Å². The Bertz CT molecular complexity index is 884. The molecule has 2 aromatic heterocycles. The molecule has 0 N–H and O–H groups in total. The van der Waals surface area contributed by atoms with Crippen molar-refractivity contribution in [3.8, 4) is 0 Å². The van der Waals surface area contributed by atoms with Crippen molar-refractivity contribution in [2.45, 2.75) is 19.0 Å². The number of aromatic nitrogens is 1. The minimum atomic E-state index is -0.207. The molecular weight excluding hydrogens is 354 g/mol. The third kappa shape index (κ3) is 3.66. The van der Waals surface area contributed by atoms with Crippen LogP contribution in [0.3, 0.4) is 0 Å². The maximum atomic E-state index is 13.3. The lowest BCUT2D eigenvalue weighted by Gasteiger charge is -2.28. The van der Waals surface area contributed by atoms with Crippen LogP contribution in [-0.2, 0) is 13.0 Å². The Labute approximate surface area is 164 Å². The molecule has 3 aromatic rings. The lowest BCUT2D eigenvalue weighted by Crippen LogP contribution is -2.32. The van der Waals surface area contributed by atoms with Crippen molar-refractivity contribution >= 4 is 17.2 Å². The standard InChI is InChI=1S/C22H23N3OS/c1-24-13-11-17-14-19(27-20(17)15-24)22(26)25(2)21(16-8-4-3-5-9-16)18-10-6-7-12-23-18/h3-10,12,14,21H,11,13,15H2,1-2H3. The zero-order valence-corrected chi connectivity index (χ0v) is 16.4. The minimum Gasteiger partial charge on any atom is -0.328 e. The van der Waals surface area contributed by atoms with E-state index in [1.807, 2.05) is 48.3 Å². The van der Waals surface area contributed by atoms with E-state index in [2.05, 4.69) is 35.1 Å². The Balaban J connectivity index is 1.67. The molecule has 0 fully saturated rings. The molecule has 0 bridgehead atoms. The third-order valence-corrected chi connectivity index (χ3v) is 6.22. The van der Waals surface area contributed by atoms with Gasteiger partial charge in [-0.1, -0.05) is 36.4 Å². The first-order valence-corrected chi connectivity index (χ1v) is 9.98. The lowest BCUT2D eigenvalue weighted by atomic mass is 10.0. The van der Waals surface area contributed by atoms with Crippen LogP contribution in [0.25, 0.3) is 0 Å². The van der Waals surface area contributed by atoms with Crippen LogP contribution >= 0.6 is 11.3 Å². The number of amides is 1. The van der Waals surface area contributed by atoms with E-state index in [4.69, 9.17) is 0 Å². The predicted molar refractivity (Wildman–Crippen MR) is 109 cm³/mol. The van der Waals surface area contributed by atoms with Gasteiger partial charge >= 0.3 is 0 Å². The highest BCUT2D eigenvalue weighted by Gasteiger charge is 2.28. The summed E-state index contributed by atoms with van der Waals surface area (Å²) in [6.45, 7) is 1.98. The van der Waals surface area contributed by atoms with Crippen LogP contribution < -0.4 is 0 Å². The van der Waals surface area contributed by atoms with Crippen molar-refractivity contribution in [3.63, 3.8) is 0 Å². The summed E-state index contributed by atoms with van der Waals surface area (Å²) in [5, 5.41) is 0. The fourth-order valence-electron chi connectivity index (χ4n) is 3.61. The maximum Gasteiger partial charge on any atom is 0.264 e. The van der Waals surface area contributed by atoms with Crippen LogP contribution in [0.15, 0.2) is 60.8 Å². The predicted octanol–water partition coefficient (Wildman–Crippen LogP) is 3.99. The summed E-state index contributed by atoms with van der Waals surface area (Å²) in [5.74, 6) is 0.0524. The van der Waals surface area contributed by atoms with Gasteiger partial charge in [-0.2, -0.15) is 0 Å². The number of rotatable bonds is 4. The highest BCUT2D eigenvalue weighted by molar-refractivity contribution is 7.14. The monoisotopic (exact) mass is 377 g/mol. The molecule has 1 aliphatic rings. The van der Waals surface area contributed by atoms with E-state index >= 15 is 0 Å². The maximum absolute atomic E-state index is 13.3. The number of likely N-dealkylation sites (N-methyl/N-ethyl adjacent to an activating group) is 1. The molecule has 27 heavy (non-hydrogen) atoms. The summed E-state index contributed by atoms with van der Waals surface area (Å²) in [5.41, 5.74) is 3.26. The van der Waals surface area contributed by atoms with Gasteiger partial charge in [-0.05, 0) is 42.8 Å². The SMILES string of the molecule is CN1CCc2cc(C(=O)N(C)C(c3ccccc3)c3ccccn3)sc2C1. The second-order valence-corrected chi connectivity index (χ2v) is 8.17. The van der Waals surface area contributed by atoms with Gasteiger partial charge < -0.3 is 9.80 Å². The molecule has 0 saturated heterocycles. The molecular formula is C22H23N3OS. The number of fused-ring (bicyclic) bond motifs is 1. The number of benzene rings is 1. The molecule has 0 aliphatic carbocycles. The first-order valence-electron chi connectivity index (χ1n) is 9.16. The van der Waals surface area contributed by atoms with Gasteiger partial charge in [0.25, 0.3) is 5.91 Å². The molecule has 5 heteroatoms. The molecule has 138 valence electrons. The summed E-state index contributed by atoms with van der Waals surface area (Å²) in [4.78, 5) is 24.1. The van der Waals surface area contributed by atoms with Gasteiger partial charge in [-0.3, -0.25) is 9.78 Å². The molecule has 1 aliphatic heterocycles. The number of carbonyl (C=O) groups excluding carboxylic acids is 1. The van der Waals surface area contributed by atoms with Crippen LogP contribution in [0.4, 0.5) is 0 Å². The van der Waals surface area contributed by atoms with Crippen LogP contribution in [0.5, 0.6) is 0 Å². The second kappa shape index (κ2) is 7.62. The number of nitrogens with zero attached hydrogens (tertiary/aromatic N) is 3. The van der Waals surface area contributed by atoms with Gasteiger partial charge in [0, 0.05) is 31.2 Å². The molecule has 4 rings (SSSR count). The fourth-order valence-corrected chi connectivity index (χ4v) is 4.88. The van der Waals surface area contributed by atoms with E-state index in [1.165, 1.54) is 10.4 Å². The van der Waals surface area contributed by atoms with Crippen LogP contribution in [0.1, 0.15) is 37.4 Å². The van der Waals surface area contributed by atoms with Gasteiger partial charge in [-0.25, -0.2) is 0 Å². The molecule has 3 heterocycles. The van der Waals surface area contributed by atoms with Crippen molar-refractivity contribution in [1.29, 1.82) is 0 Å². The minimum absolute atomic E-state index is 0.0524. The molecule has 1 amide bonds. The lowest BCUT2D eigenvalue weighted by molar-refractivity contribution is 0.0757. The topological polar surface area (TPSA) is 36.4 Å². The zero-order chi connectivity index (χ0) is 18.8. The molecule has 4 nitrogen and oxygen atoms in total. The Kier molecular flexibility index (Phi) is 5.05. The number of carbonyl (C=O) groups is 1. The van der Waals surface area contributed by atoms with Crippen molar-refractivity contribution in [2.24, 2.45) is 0 Å². The largest absolute Gasteiger partial charge is 0.328 e. The number of hydrogen-bond acceptors (Lipinski definition) is 4. The summed E-state index contributed by atoms with van der Waals surface area (Å²) >= 11 is 1.63. The molecule has 1 unspecified atom stereocenters. The first-order chi connectivity index (χ1) is 13.1. The van der Waals surface area contributed by atoms with Gasteiger partial charge in [0.15, 0.2) is 0 Å². The van der Waals surface area contributed by atoms with Crippen molar-refractivity contribution < 1.29 is 4.79 Å². The highest BCUT2D eigenvalue weighted by Crippen LogP contribution is 2.32. The van der Waals surface area contributed by atoms with E-state index in [0.717, 1.165) is 35.6 Å². The van der Waals surface area contributed by atoms with Gasteiger partial charge in [0.1, 0.15) is 0 Å². The van der Waals surface area contributed by atoms with E-state index in [-0.39, 0.29) is 11.9 Å². The number of pyridine rings is 1. The van der Waals surface area contributed by atoms with E-state index in [1.54, 1.807) is 17.5 Å². The summed E-state index contributed by atoms with van der Waals surface area (Å²) in [6.07, 6.45) is 2.80. The fraction of sp³-hybridized carbons (Fsp3) is 0.273. The quantitative estimate of drug-likeness (QED) is 0.690. The van der Waals surface area contributed by atoms with E-state index < -0.39 is 0 Å². The van der Waals surface area contributed by atoms with Crippen LogP contribution in [0.2, 0.25) is 0 Å². The van der Waals surface area contributed by atoms with Crippen molar-refractivity contribution in [3.05, 3.63) is 87.4 Å². The average molecular weight is 378 g/mol. The van der Waals surface area contributed by atoms with Crippen LogP contribution in [0, 0.1) is 0 Å². The number of hydrogen-bond donors (Lipinski definition) is 0. The van der Waals surface area contributed by atoms with Crippen molar-refractivity contribution in [1.82, 2.24) is 14.8 Å². The third-order valence-electron chi connectivity index (χ3n) is 5.07. The Morgan fingerprint density at radius 1 is 1.19 bits per heavy atom. The van der Waals surface area contributed by atoms with E-state index in [9.17, 15) is 4.79 Å². The summed E-state index contributed by atoms with van der Waals surface area (Å²) < 4.78 is 0.